The molecule has 2 aromatic rings. The highest BCUT2D eigenvalue weighted by Gasteiger charge is 2.25. The predicted molar refractivity (Wildman–Crippen MR) is 111 cm³/mol. The van der Waals surface area contributed by atoms with Gasteiger partial charge in [0.1, 0.15) is 0 Å². The van der Waals surface area contributed by atoms with Gasteiger partial charge in [-0.05, 0) is 49.1 Å². The number of fused-ring (bicyclic) bond motifs is 1. The number of amides is 1. The van der Waals surface area contributed by atoms with Crippen molar-refractivity contribution in [2.24, 2.45) is 0 Å². The Hall–Kier alpha value is -2.30. The van der Waals surface area contributed by atoms with Crippen molar-refractivity contribution >= 4 is 28.8 Å². The second kappa shape index (κ2) is 8.15. The number of halogens is 1. The van der Waals surface area contributed by atoms with Gasteiger partial charge in [-0.1, -0.05) is 54.1 Å². The minimum absolute atomic E-state index is 0.0383. The molecule has 4 rings (SSSR count). The summed E-state index contributed by atoms with van der Waals surface area (Å²) in [6.45, 7) is 3.12. The molecule has 1 amide bonds. The highest BCUT2D eigenvalue weighted by Crippen LogP contribution is 2.28. The number of anilines is 1. The third-order valence-electron chi connectivity index (χ3n) is 5.28. The molecule has 4 nitrogen and oxygen atoms in total. The molecule has 2 aromatic carbocycles. The van der Waals surface area contributed by atoms with Crippen LogP contribution in [0.5, 0.6) is 0 Å². The van der Waals surface area contributed by atoms with Crippen LogP contribution < -0.4 is 10.6 Å². The van der Waals surface area contributed by atoms with Gasteiger partial charge in [-0.2, -0.15) is 0 Å². The highest BCUT2D eigenvalue weighted by molar-refractivity contribution is 6.34. The summed E-state index contributed by atoms with van der Waals surface area (Å²) in [5.41, 5.74) is 4.15. The third kappa shape index (κ3) is 4.18. The van der Waals surface area contributed by atoms with Gasteiger partial charge < -0.3 is 10.6 Å². The van der Waals surface area contributed by atoms with Crippen LogP contribution in [0.25, 0.3) is 5.57 Å². The average molecular weight is 382 g/mol. The lowest BCUT2D eigenvalue weighted by atomic mass is 9.99. The molecular weight excluding hydrogens is 358 g/mol. The van der Waals surface area contributed by atoms with E-state index in [-0.39, 0.29) is 12.1 Å². The standard InChI is InChI=1S/C22H24ClN3O/c23-18-8-4-9-19-21(18)22(27)25-20(24-19)10-5-13-26-14-11-17(12-15-26)16-6-2-1-3-7-16/h1-4,6-9,11,20,24H,5,10,12-15H2,(H,25,27). The van der Waals surface area contributed by atoms with Crippen molar-refractivity contribution in [2.45, 2.75) is 25.4 Å². The van der Waals surface area contributed by atoms with Crippen molar-refractivity contribution in [2.75, 3.05) is 25.0 Å². The maximum Gasteiger partial charge on any atom is 0.256 e. The third-order valence-corrected chi connectivity index (χ3v) is 5.60. The highest BCUT2D eigenvalue weighted by atomic mass is 35.5. The second-order valence-corrected chi connectivity index (χ2v) is 7.53. The Morgan fingerprint density at radius 1 is 1.07 bits per heavy atom. The predicted octanol–water partition coefficient (Wildman–Crippen LogP) is 4.39. The van der Waals surface area contributed by atoms with Crippen LogP contribution in [0.4, 0.5) is 5.69 Å². The zero-order valence-corrected chi connectivity index (χ0v) is 16.0. The van der Waals surface area contributed by atoms with Crippen LogP contribution in [0.1, 0.15) is 35.2 Å². The van der Waals surface area contributed by atoms with E-state index in [0.29, 0.717) is 10.6 Å². The number of benzene rings is 2. The van der Waals surface area contributed by atoms with Crippen molar-refractivity contribution in [3.8, 4) is 0 Å². The van der Waals surface area contributed by atoms with Gasteiger partial charge in [-0.3, -0.25) is 9.69 Å². The topological polar surface area (TPSA) is 44.4 Å². The zero-order chi connectivity index (χ0) is 18.6. The lowest BCUT2D eigenvalue weighted by molar-refractivity contribution is 0.0933. The Labute approximate surface area is 165 Å². The van der Waals surface area contributed by atoms with Gasteiger partial charge >= 0.3 is 0 Å². The number of nitrogens with zero attached hydrogens (tertiary/aromatic N) is 1. The molecule has 0 bridgehead atoms. The lowest BCUT2D eigenvalue weighted by Crippen LogP contribution is -2.45. The van der Waals surface area contributed by atoms with Crippen molar-refractivity contribution in [3.05, 3.63) is 70.8 Å². The first-order valence-electron chi connectivity index (χ1n) is 9.53. The van der Waals surface area contributed by atoms with Crippen LogP contribution in [-0.2, 0) is 0 Å². The molecule has 2 aliphatic heterocycles. The molecule has 0 saturated carbocycles. The first kappa shape index (κ1) is 18.1. The molecule has 0 spiro atoms. The molecule has 2 heterocycles. The molecule has 1 unspecified atom stereocenters. The minimum atomic E-state index is -0.0900. The molecule has 1 atom stereocenters. The van der Waals surface area contributed by atoms with E-state index in [2.05, 4.69) is 51.9 Å². The fraction of sp³-hybridized carbons (Fsp3) is 0.318. The van der Waals surface area contributed by atoms with Crippen LogP contribution in [-0.4, -0.2) is 36.6 Å². The summed E-state index contributed by atoms with van der Waals surface area (Å²) >= 11 is 6.13. The first-order valence-corrected chi connectivity index (χ1v) is 9.91. The Morgan fingerprint density at radius 3 is 2.70 bits per heavy atom. The lowest BCUT2D eigenvalue weighted by Gasteiger charge is -2.30. The van der Waals surface area contributed by atoms with E-state index >= 15 is 0 Å². The maximum absolute atomic E-state index is 12.3. The number of carbonyl (C=O) groups excluding carboxylic acids is 1. The van der Waals surface area contributed by atoms with Crippen LogP contribution in [0.15, 0.2) is 54.6 Å². The summed E-state index contributed by atoms with van der Waals surface area (Å²) in [7, 11) is 0. The Balaban J connectivity index is 1.27. The van der Waals surface area contributed by atoms with Crippen molar-refractivity contribution in [3.63, 3.8) is 0 Å². The zero-order valence-electron chi connectivity index (χ0n) is 15.2. The first-order chi connectivity index (χ1) is 13.2. The molecule has 2 N–H and O–H groups in total. The number of nitrogens with one attached hydrogen (secondary N) is 2. The molecule has 2 aliphatic rings. The van der Waals surface area contributed by atoms with Crippen LogP contribution in [0.2, 0.25) is 5.02 Å². The van der Waals surface area contributed by atoms with E-state index < -0.39 is 0 Å². The number of rotatable bonds is 5. The van der Waals surface area contributed by atoms with E-state index in [0.717, 1.165) is 44.6 Å². The normalized spacial score (nSPS) is 19.7. The van der Waals surface area contributed by atoms with E-state index in [1.807, 2.05) is 12.1 Å². The maximum atomic E-state index is 12.3. The SMILES string of the molecule is O=C1NC(CCCN2CC=C(c3ccccc3)CC2)Nc2cccc(Cl)c21. The largest absolute Gasteiger partial charge is 0.365 e. The van der Waals surface area contributed by atoms with Crippen LogP contribution in [0.3, 0.4) is 0 Å². The Bertz CT molecular complexity index is 850. The van der Waals surface area contributed by atoms with Crippen LogP contribution in [0, 0.1) is 0 Å². The quantitative estimate of drug-likeness (QED) is 0.807. The van der Waals surface area contributed by atoms with Gasteiger partial charge in [0.25, 0.3) is 5.91 Å². The van der Waals surface area contributed by atoms with Gasteiger partial charge in [0.05, 0.1) is 22.4 Å². The van der Waals surface area contributed by atoms with E-state index in [9.17, 15) is 4.79 Å². The Morgan fingerprint density at radius 2 is 1.93 bits per heavy atom. The average Bonchev–Trinajstić information content (AvgIpc) is 2.69. The molecule has 0 aromatic heterocycles. The van der Waals surface area contributed by atoms with Crippen molar-refractivity contribution < 1.29 is 4.79 Å². The van der Waals surface area contributed by atoms with Gasteiger partial charge in [-0.25, -0.2) is 0 Å². The van der Waals surface area contributed by atoms with Crippen molar-refractivity contribution in [1.82, 2.24) is 10.2 Å². The molecule has 0 fully saturated rings. The molecule has 0 aliphatic carbocycles. The van der Waals surface area contributed by atoms with E-state index in [1.54, 1.807) is 6.07 Å². The summed E-state index contributed by atoms with van der Waals surface area (Å²) < 4.78 is 0. The summed E-state index contributed by atoms with van der Waals surface area (Å²) in [6.07, 6.45) is 5.32. The molecule has 0 radical (unpaired) electrons. The molecule has 140 valence electrons. The molecule has 0 saturated heterocycles. The summed E-state index contributed by atoms with van der Waals surface area (Å²) in [5, 5.41) is 6.89. The monoisotopic (exact) mass is 381 g/mol. The molecular formula is C22H24ClN3O. The van der Waals surface area contributed by atoms with Crippen molar-refractivity contribution in [1.29, 1.82) is 0 Å². The smallest absolute Gasteiger partial charge is 0.256 e. The number of carbonyl (C=O) groups is 1. The van der Waals surface area contributed by atoms with Crippen LogP contribution >= 0.6 is 11.6 Å². The minimum Gasteiger partial charge on any atom is -0.365 e. The molecule has 27 heavy (non-hydrogen) atoms. The summed E-state index contributed by atoms with van der Waals surface area (Å²) in [5.74, 6) is -0.0900. The van der Waals surface area contributed by atoms with E-state index in [4.69, 9.17) is 11.6 Å². The Kier molecular flexibility index (Phi) is 5.46. The number of hydrogen-bond donors (Lipinski definition) is 2. The summed E-state index contributed by atoms with van der Waals surface area (Å²) in [6, 6.07) is 16.1. The number of hydrogen-bond acceptors (Lipinski definition) is 3. The van der Waals surface area contributed by atoms with Gasteiger partial charge in [0, 0.05) is 13.1 Å². The summed E-state index contributed by atoms with van der Waals surface area (Å²) in [4.78, 5) is 14.8. The van der Waals surface area contributed by atoms with E-state index in [1.165, 1.54) is 11.1 Å². The van der Waals surface area contributed by atoms with Gasteiger partial charge in [-0.15, -0.1) is 0 Å². The second-order valence-electron chi connectivity index (χ2n) is 7.12. The van der Waals surface area contributed by atoms with Gasteiger partial charge in [0.15, 0.2) is 0 Å². The fourth-order valence-corrected chi connectivity index (χ4v) is 4.08. The molecule has 5 heteroatoms. The fourth-order valence-electron chi connectivity index (χ4n) is 3.82. The van der Waals surface area contributed by atoms with Gasteiger partial charge in [0.2, 0.25) is 0 Å².